The summed E-state index contributed by atoms with van der Waals surface area (Å²) in [5.74, 6) is 0.243. The van der Waals surface area contributed by atoms with E-state index >= 15 is 0 Å². The summed E-state index contributed by atoms with van der Waals surface area (Å²) in [5.41, 5.74) is 3.65. The third-order valence-corrected chi connectivity index (χ3v) is 5.76. The summed E-state index contributed by atoms with van der Waals surface area (Å²) in [6.07, 6.45) is 0.0184. The number of rotatable bonds is 7. The molecule has 0 spiro atoms. The van der Waals surface area contributed by atoms with Crippen LogP contribution in [0.2, 0.25) is 0 Å². The number of carbonyl (C=O) groups is 2. The van der Waals surface area contributed by atoms with Crippen LogP contribution in [-0.4, -0.2) is 42.2 Å². The van der Waals surface area contributed by atoms with Gasteiger partial charge in [-0.2, -0.15) is 0 Å². The van der Waals surface area contributed by atoms with Gasteiger partial charge in [-0.15, -0.1) is 0 Å². The van der Waals surface area contributed by atoms with Crippen molar-refractivity contribution in [3.05, 3.63) is 70.9 Å². The fraction of sp³-hybridized carbons (Fsp3) is 0.320. The van der Waals surface area contributed by atoms with E-state index in [2.05, 4.69) is 10.6 Å². The van der Waals surface area contributed by atoms with E-state index < -0.39 is 6.04 Å². The van der Waals surface area contributed by atoms with Crippen LogP contribution in [0.4, 0.5) is 5.69 Å². The summed E-state index contributed by atoms with van der Waals surface area (Å²) in [6.45, 7) is 5.48. The first-order chi connectivity index (χ1) is 15.7. The van der Waals surface area contributed by atoms with Crippen LogP contribution in [0.3, 0.4) is 0 Å². The number of nitrogens with one attached hydrogen (secondary N) is 2. The molecule has 1 amide bonds. The van der Waals surface area contributed by atoms with Gasteiger partial charge in [0.05, 0.1) is 31.2 Å². The summed E-state index contributed by atoms with van der Waals surface area (Å²) in [5, 5.41) is 6.65. The molecule has 0 saturated carbocycles. The summed E-state index contributed by atoms with van der Waals surface area (Å²) in [4.78, 5) is 27.0. The molecule has 0 radical (unpaired) electrons. The SMILES string of the molecule is COc1ccc(CC(=O)Nc2ccc(C3NC(=S)N(C)C(C)=C3C(=O)OC(C)C)cc2)cc1. The molecule has 1 heterocycles. The predicted octanol–water partition coefficient (Wildman–Crippen LogP) is 3.96. The fourth-order valence-electron chi connectivity index (χ4n) is 3.52. The highest BCUT2D eigenvalue weighted by Gasteiger charge is 2.33. The van der Waals surface area contributed by atoms with Gasteiger partial charge in [-0.1, -0.05) is 24.3 Å². The average molecular weight is 468 g/mol. The molecule has 8 heteroatoms. The number of benzene rings is 2. The molecule has 0 saturated heterocycles. The minimum atomic E-state index is -0.441. The van der Waals surface area contributed by atoms with Gasteiger partial charge in [0.15, 0.2) is 5.11 Å². The van der Waals surface area contributed by atoms with Gasteiger partial charge in [-0.3, -0.25) is 4.79 Å². The lowest BCUT2D eigenvalue weighted by molar-refractivity contribution is -0.143. The van der Waals surface area contributed by atoms with E-state index in [1.807, 2.05) is 76.3 Å². The van der Waals surface area contributed by atoms with Crippen molar-refractivity contribution in [3.8, 4) is 5.75 Å². The largest absolute Gasteiger partial charge is 0.497 e. The number of ether oxygens (including phenoxy) is 2. The number of anilines is 1. The molecule has 0 fully saturated rings. The van der Waals surface area contributed by atoms with Crippen LogP contribution in [0, 0.1) is 0 Å². The Hall–Kier alpha value is -3.39. The highest BCUT2D eigenvalue weighted by Crippen LogP contribution is 2.31. The second kappa shape index (κ2) is 10.5. The van der Waals surface area contributed by atoms with Crippen molar-refractivity contribution in [2.45, 2.75) is 39.3 Å². The van der Waals surface area contributed by atoms with Crippen LogP contribution < -0.4 is 15.4 Å². The van der Waals surface area contributed by atoms with Gasteiger partial charge in [0, 0.05) is 18.4 Å². The van der Waals surface area contributed by atoms with E-state index in [-0.39, 0.29) is 24.4 Å². The second-order valence-corrected chi connectivity index (χ2v) is 8.48. The summed E-state index contributed by atoms with van der Waals surface area (Å²) in [7, 11) is 3.41. The van der Waals surface area contributed by atoms with Gasteiger partial charge < -0.3 is 25.0 Å². The number of hydrogen-bond donors (Lipinski definition) is 2. The lowest BCUT2D eigenvalue weighted by Gasteiger charge is -2.35. The van der Waals surface area contributed by atoms with Gasteiger partial charge in [0.2, 0.25) is 5.91 Å². The summed E-state index contributed by atoms with van der Waals surface area (Å²) in [6, 6.07) is 14.3. The maximum Gasteiger partial charge on any atom is 0.338 e. The number of hydrogen-bond acceptors (Lipinski definition) is 5. The normalized spacial score (nSPS) is 15.9. The van der Waals surface area contributed by atoms with Crippen molar-refractivity contribution in [1.29, 1.82) is 0 Å². The zero-order valence-corrected chi connectivity index (χ0v) is 20.3. The van der Waals surface area contributed by atoms with Crippen molar-refractivity contribution >= 4 is 34.9 Å². The Bertz CT molecular complexity index is 1060. The van der Waals surface area contributed by atoms with Crippen molar-refractivity contribution in [1.82, 2.24) is 10.2 Å². The van der Waals surface area contributed by atoms with Crippen LogP contribution in [0.5, 0.6) is 5.75 Å². The Kier molecular flexibility index (Phi) is 7.71. The van der Waals surface area contributed by atoms with E-state index in [9.17, 15) is 9.59 Å². The van der Waals surface area contributed by atoms with E-state index in [0.29, 0.717) is 16.4 Å². The third-order valence-electron chi connectivity index (χ3n) is 5.37. The Morgan fingerprint density at radius 1 is 1.12 bits per heavy atom. The highest BCUT2D eigenvalue weighted by atomic mass is 32.1. The summed E-state index contributed by atoms with van der Waals surface area (Å²) < 4.78 is 10.6. The minimum absolute atomic E-state index is 0.122. The van der Waals surface area contributed by atoms with E-state index in [1.54, 1.807) is 12.0 Å². The molecular formula is C25H29N3O4S. The minimum Gasteiger partial charge on any atom is -0.497 e. The van der Waals surface area contributed by atoms with Crippen molar-refractivity contribution < 1.29 is 19.1 Å². The number of carbonyl (C=O) groups excluding carboxylic acids is 2. The quantitative estimate of drug-likeness (QED) is 0.471. The fourth-order valence-corrected chi connectivity index (χ4v) is 3.78. The maximum absolute atomic E-state index is 12.8. The topological polar surface area (TPSA) is 79.9 Å². The zero-order chi connectivity index (χ0) is 24.1. The van der Waals surface area contributed by atoms with Gasteiger partial charge in [-0.05, 0) is 68.4 Å². The van der Waals surface area contributed by atoms with Crippen molar-refractivity contribution in [2.24, 2.45) is 0 Å². The van der Waals surface area contributed by atoms with E-state index in [0.717, 1.165) is 22.6 Å². The number of thiocarbonyl (C=S) groups is 1. The lowest BCUT2D eigenvalue weighted by Crippen LogP contribution is -2.46. The Balaban J connectivity index is 1.75. The third kappa shape index (κ3) is 5.90. The van der Waals surface area contributed by atoms with Gasteiger partial charge in [0.25, 0.3) is 0 Å². The first-order valence-electron chi connectivity index (χ1n) is 10.7. The Morgan fingerprint density at radius 3 is 2.33 bits per heavy atom. The first-order valence-corrected chi connectivity index (χ1v) is 11.1. The standard InChI is InChI=1S/C25H29N3O4S/c1-15(2)32-24(30)22-16(3)28(4)25(33)27-23(22)18-8-10-19(11-9-18)26-21(29)14-17-6-12-20(31-5)13-7-17/h6-13,15,23H,14H2,1-5H3,(H,26,29)(H,27,33). The zero-order valence-electron chi connectivity index (χ0n) is 19.5. The first kappa shape index (κ1) is 24.3. The molecular weight excluding hydrogens is 438 g/mol. The number of amides is 1. The molecule has 2 aromatic rings. The predicted molar refractivity (Wildman–Crippen MR) is 132 cm³/mol. The molecule has 1 unspecified atom stereocenters. The number of nitrogens with zero attached hydrogens (tertiary/aromatic N) is 1. The molecule has 33 heavy (non-hydrogen) atoms. The van der Waals surface area contributed by atoms with E-state index in [1.165, 1.54) is 0 Å². The molecule has 0 aromatic heterocycles. The number of esters is 1. The monoisotopic (exact) mass is 467 g/mol. The summed E-state index contributed by atoms with van der Waals surface area (Å²) >= 11 is 5.43. The van der Waals surface area contributed by atoms with Gasteiger partial charge >= 0.3 is 5.97 Å². The molecule has 0 aliphatic carbocycles. The van der Waals surface area contributed by atoms with Crippen molar-refractivity contribution in [3.63, 3.8) is 0 Å². The van der Waals surface area contributed by atoms with Gasteiger partial charge in [-0.25, -0.2) is 4.79 Å². The lowest BCUT2D eigenvalue weighted by atomic mass is 9.95. The van der Waals surface area contributed by atoms with E-state index in [4.69, 9.17) is 21.7 Å². The molecule has 1 atom stereocenters. The molecule has 0 bridgehead atoms. The maximum atomic E-state index is 12.8. The number of allylic oxidation sites excluding steroid dienone is 1. The highest BCUT2D eigenvalue weighted by molar-refractivity contribution is 7.80. The molecule has 3 rings (SSSR count). The van der Waals surface area contributed by atoms with Crippen LogP contribution in [0.1, 0.15) is 37.9 Å². The van der Waals surface area contributed by atoms with Crippen LogP contribution in [0.25, 0.3) is 0 Å². The molecule has 2 aromatic carbocycles. The van der Waals surface area contributed by atoms with Crippen LogP contribution in [-0.2, 0) is 20.7 Å². The van der Waals surface area contributed by atoms with Crippen LogP contribution >= 0.6 is 12.2 Å². The average Bonchev–Trinajstić information content (AvgIpc) is 2.77. The van der Waals surface area contributed by atoms with Crippen LogP contribution in [0.15, 0.2) is 59.8 Å². The molecule has 1 aliphatic heterocycles. The molecule has 2 N–H and O–H groups in total. The molecule has 1 aliphatic rings. The second-order valence-electron chi connectivity index (χ2n) is 8.09. The number of methoxy groups -OCH3 is 1. The Morgan fingerprint density at radius 2 is 1.76 bits per heavy atom. The van der Waals surface area contributed by atoms with Gasteiger partial charge in [0.1, 0.15) is 5.75 Å². The Labute approximate surface area is 199 Å². The smallest absolute Gasteiger partial charge is 0.338 e. The molecule has 174 valence electrons. The van der Waals surface area contributed by atoms with Crippen molar-refractivity contribution in [2.75, 3.05) is 19.5 Å². The molecule has 7 nitrogen and oxygen atoms in total.